The van der Waals surface area contributed by atoms with Gasteiger partial charge in [0.2, 0.25) is 0 Å². The second kappa shape index (κ2) is 5.25. The van der Waals surface area contributed by atoms with Crippen LogP contribution in [-0.4, -0.2) is 20.2 Å². The van der Waals surface area contributed by atoms with Crippen molar-refractivity contribution in [2.45, 2.75) is 6.92 Å². The molecule has 7 heteroatoms. The quantitative estimate of drug-likeness (QED) is 0.572. The molecule has 0 spiro atoms. The van der Waals surface area contributed by atoms with Gasteiger partial charge in [-0.25, -0.2) is 19.4 Å². The second-order valence-corrected chi connectivity index (χ2v) is 5.44. The summed E-state index contributed by atoms with van der Waals surface area (Å²) in [5, 5.41) is 0. The summed E-state index contributed by atoms with van der Waals surface area (Å²) >= 11 is 3.29. The van der Waals surface area contributed by atoms with Crippen LogP contribution < -0.4 is 5.73 Å². The van der Waals surface area contributed by atoms with Crippen LogP contribution in [0.15, 0.2) is 46.3 Å². The maximum absolute atomic E-state index is 14.0. The molecular formula is C14H11BrFN5. The largest absolute Gasteiger partial charge is 0.383 e. The van der Waals surface area contributed by atoms with Gasteiger partial charge in [0.05, 0.1) is 5.69 Å². The first kappa shape index (κ1) is 13.7. The van der Waals surface area contributed by atoms with Crippen molar-refractivity contribution in [3.63, 3.8) is 0 Å². The van der Waals surface area contributed by atoms with E-state index in [1.807, 2.05) is 6.07 Å². The highest BCUT2D eigenvalue weighted by molar-refractivity contribution is 9.10. The Labute approximate surface area is 128 Å². The maximum atomic E-state index is 14.0. The summed E-state index contributed by atoms with van der Waals surface area (Å²) in [6.45, 7) is 1.80. The van der Waals surface area contributed by atoms with Crippen LogP contribution >= 0.6 is 15.9 Å². The van der Waals surface area contributed by atoms with Gasteiger partial charge in [0.1, 0.15) is 5.84 Å². The molecule has 0 atom stereocenters. The third kappa shape index (κ3) is 2.78. The molecule has 0 aliphatic rings. The van der Waals surface area contributed by atoms with Crippen LogP contribution in [0.2, 0.25) is 0 Å². The number of rotatable bonds is 2. The summed E-state index contributed by atoms with van der Waals surface area (Å²) in [4.78, 5) is 12.4. The molecule has 0 amide bonds. The van der Waals surface area contributed by atoms with E-state index in [1.54, 1.807) is 36.0 Å². The Kier molecular flexibility index (Phi) is 3.42. The molecule has 0 aromatic carbocycles. The molecular weight excluding hydrogens is 337 g/mol. The number of nitrogens with zero attached hydrogens (tertiary/aromatic N) is 4. The number of hydrogen-bond acceptors (Lipinski definition) is 3. The lowest BCUT2D eigenvalue weighted by Crippen LogP contribution is -2.14. The number of hydrogen-bond donors (Lipinski definition) is 1. The van der Waals surface area contributed by atoms with E-state index >= 15 is 0 Å². The number of halogens is 2. The van der Waals surface area contributed by atoms with Crippen LogP contribution in [-0.2, 0) is 0 Å². The monoisotopic (exact) mass is 347 g/mol. The summed E-state index contributed by atoms with van der Waals surface area (Å²) in [6, 6.07) is 4.84. The number of aryl methyl sites for hydroxylation is 1. The third-order valence-corrected chi connectivity index (χ3v) is 3.34. The van der Waals surface area contributed by atoms with Crippen LogP contribution in [0.3, 0.4) is 0 Å². The van der Waals surface area contributed by atoms with Crippen molar-refractivity contribution in [1.82, 2.24) is 14.4 Å². The number of fused-ring (bicyclic) bond motifs is 1. The predicted octanol–water partition coefficient (Wildman–Crippen LogP) is 2.98. The molecule has 21 heavy (non-hydrogen) atoms. The first-order valence-corrected chi connectivity index (χ1v) is 6.93. The zero-order chi connectivity index (χ0) is 15.0. The highest BCUT2D eigenvalue weighted by Gasteiger charge is 2.09. The summed E-state index contributed by atoms with van der Waals surface area (Å²) < 4.78 is 16.4. The number of aromatic nitrogens is 3. The van der Waals surface area contributed by atoms with Crippen molar-refractivity contribution in [2.75, 3.05) is 0 Å². The molecule has 0 aliphatic carbocycles. The summed E-state index contributed by atoms with van der Waals surface area (Å²) in [7, 11) is 0. The molecule has 0 aliphatic heterocycles. The van der Waals surface area contributed by atoms with Crippen molar-refractivity contribution >= 4 is 33.2 Å². The smallest absolute Gasteiger partial charge is 0.173 e. The standard InChI is InChI=1S/C14H11BrFN5/c1-8-6-21-7-9(4-11(16)14(21)19-8)13(17)20-12-3-2-10(15)5-18-12/h2-7H,1H3,(H2,17,18,20). The van der Waals surface area contributed by atoms with Crippen LogP contribution in [0, 0.1) is 12.7 Å². The number of pyridine rings is 2. The minimum atomic E-state index is -0.442. The van der Waals surface area contributed by atoms with E-state index in [0.29, 0.717) is 11.4 Å². The third-order valence-electron chi connectivity index (χ3n) is 2.87. The minimum absolute atomic E-state index is 0.192. The van der Waals surface area contributed by atoms with Crippen molar-refractivity contribution < 1.29 is 4.39 Å². The topological polar surface area (TPSA) is 68.6 Å². The van der Waals surface area contributed by atoms with E-state index in [9.17, 15) is 4.39 Å². The van der Waals surface area contributed by atoms with Crippen LogP contribution in [0.1, 0.15) is 11.3 Å². The van der Waals surface area contributed by atoms with Gasteiger partial charge in [-0.05, 0) is 41.1 Å². The molecule has 5 nitrogen and oxygen atoms in total. The lowest BCUT2D eigenvalue weighted by molar-refractivity contribution is 0.629. The van der Waals surface area contributed by atoms with E-state index in [2.05, 4.69) is 30.9 Å². The Bertz CT molecular complexity index is 838. The molecule has 0 radical (unpaired) electrons. The van der Waals surface area contributed by atoms with Crippen molar-refractivity contribution in [3.05, 3.63) is 58.3 Å². The number of imidazole rings is 1. The second-order valence-electron chi connectivity index (χ2n) is 4.52. The number of nitrogens with two attached hydrogens (primary N) is 1. The molecule has 0 saturated heterocycles. The first-order chi connectivity index (χ1) is 10.0. The van der Waals surface area contributed by atoms with Crippen molar-refractivity contribution in [1.29, 1.82) is 0 Å². The highest BCUT2D eigenvalue weighted by Crippen LogP contribution is 2.16. The molecule has 0 unspecified atom stereocenters. The molecule has 3 rings (SSSR count). The minimum Gasteiger partial charge on any atom is -0.383 e. The normalized spacial score (nSPS) is 12.0. The van der Waals surface area contributed by atoms with Gasteiger partial charge in [-0.1, -0.05) is 0 Å². The molecule has 0 saturated carbocycles. The van der Waals surface area contributed by atoms with E-state index in [-0.39, 0.29) is 11.5 Å². The van der Waals surface area contributed by atoms with E-state index in [1.165, 1.54) is 6.07 Å². The van der Waals surface area contributed by atoms with E-state index < -0.39 is 5.82 Å². The lowest BCUT2D eigenvalue weighted by Gasteiger charge is -2.03. The van der Waals surface area contributed by atoms with Gasteiger partial charge in [-0.2, -0.15) is 0 Å². The molecule has 0 fully saturated rings. The summed E-state index contributed by atoms with van der Waals surface area (Å²) in [5.41, 5.74) is 7.41. The highest BCUT2D eigenvalue weighted by atomic mass is 79.9. The van der Waals surface area contributed by atoms with Gasteiger partial charge < -0.3 is 10.1 Å². The first-order valence-electron chi connectivity index (χ1n) is 6.14. The average Bonchev–Trinajstić information content (AvgIpc) is 2.82. The van der Waals surface area contributed by atoms with Gasteiger partial charge >= 0.3 is 0 Å². The fraction of sp³-hybridized carbons (Fsp3) is 0.0714. The van der Waals surface area contributed by atoms with Gasteiger partial charge in [0, 0.05) is 28.6 Å². The Balaban J connectivity index is 2.04. The van der Waals surface area contributed by atoms with Crippen molar-refractivity contribution in [3.8, 4) is 0 Å². The number of amidine groups is 1. The summed E-state index contributed by atoms with van der Waals surface area (Å²) in [5.74, 6) is 0.206. The SMILES string of the molecule is Cc1cn2cc(C(N)=Nc3ccc(Br)cn3)cc(F)c2n1. The van der Waals surface area contributed by atoms with Gasteiger partial charge in [-0.15, -0.1) is 0 Å². The van der Waals surface area contributed by atoms with Crippen LogP contribution in [0.5, 0.6) is 0 Å². The van der Waals surface area contributed by atoms with Gasteiger partial charge in [0.25, 0.3) is 0 Å². The maximum Gasteiger partial charge on any atom is 0.173 e. The lowest BCUT2D eigenvalue weighted by atomic mass is 10.2. The molecule has 2 N–H and O–H groups in total. The van der Waals surface area contributed by atoms with Crippen molar-refractivity contribution in [2.24, 2.45) is 10.7 Å². The fourth-order valence-electron chi connectivity index (χ4n) is 1.94. The molecule has 106 valence electrons. The number of aliphatic imine (C=N–C) groups is 1. The van der Waals surface area contributed by atoms with E-state index in [0.717, 1.165) is 10.2 Å². The molecule has 3 aromatic heterocycles. The zero-order valence-corrected chi connectivity index (χ0v) is 12.7. The molecule has 3 aromatic rings. The Morgan fingerprint density at radius 3 is 2.90 bits per heavy atom. The van der Waals surface area contributed by atoms with E-state index in [4.69, 9.17) is 5.73 Å². The molecule has 0 bridgehead atoms. The predicted molar refractivity (Wildman–Crippen MR) is 82.2 cm³/mol. The Hall–Kier alpha value is -2.28. The Morgan fingerprint density at radius 1 is 1.38 bits per heavy atom. The average molecular weight is 348 g/mol. The van der Waals surface area contributed by atoms with Gasteiger partial charge in [0.15, 0.2) is 17.3 Å². The van der Waals surface area contributed by atoms with Crippen LogP contribution in [0.4, 0.5) is 10.2 Å². The summed E-state index contributed by atoms with van der Waals surface area (Å²) in [6.07, 6.45) is 5.04. The van der Waals surface area contributed by atoms with Gasteiger partial charge in [-0.3, -0.25) is 0 Å². The zero-order valence-electron chi connectivity index (χ0n) is 11.1. The fourth-order valence-corrected chi connectivity index (χ4v) is 2.18. The molecule has 3 heterocycles. The van der Waals surface area contributed by atoms with Crippen LogP contribution in [0.25, 0.3) is 5.65 Å². The Morgan fingerprint density at radius 2 is 2.19 bits per heavy atom.